The molecule has 166 valence electrons. The van der Waals surface area contributed by atoms with Crippen molar-refractivity contribution < 1.29 is 14.0 Å². The van der Waals surface area contributed by atoms with Crippen LogP contribution in [0.2, 0.25) is 5.02 Å². The quantitative estimate of drug-likeness (QED) is 0.393. The Morgan fingerprint density at radius 2 is 1.76 bits per heavy atom. The van der Waals surface area contributed by atoms with Crippen LogP contribution in [0.25, 0.3) is 11.3 Å². The van der Waals surface area contributed by atoms with Crippen LogP contribution in [0.5, 0.6) is 0 Å². The van der Waals surface area contributed by atoms with Gasteiger partial charge in [0, 0.05) is 28.1 Å². The molecular formula is C24H19ClFN5O2. The minimum absolute atomic E-state index is 0.0848. The highest BCUT2D eigenvalue weighted by Crippen LogP contribution is 2.28. The molecule has 1 amide bonds. The fourth-order valence-electron chi connectivity index (χ4n) is 3.32. The second-order valence-electron chi connectivity index (χ2n) is 7.45. The molecule has 4 rings (SSSR count). The van der Waals surface area contributed by atoms with E-state index in [0.29, 0.717) is 33.8 Å². The van der Waals surface area contributed by atoms with Gasteiger partial charge < -0.3 is 11.1 Å². The summed E-state index contributed by atoms with van der Waals surface area (Å²) in [5.74, 6) is -1.09. The van der Waals surface area contributed by atoms with Gasteiger partial charge in [0.05, 0.1) is 11.2 Å². The molecule has 1 heterocycles. The zero-order valence-electron chi connectivity index (χ0n) is 17.5. The van der Waals surface area contributed by atoms with Crippen LogP contribution in [0.3, 0.4) is 0 Å². The predicted octanol–water partition coefficient (Wildman–Crippen LogP) is 4.51. The molecule has 0 aliphatic heterocycles. The SMILES string of the molecule is Cc1ccc(-c2cn(CC(N)=O)nn2)cc1C(=O)c1ccc(Nc2ccc(F)cc2)cc1Cl. The Morgan fingerprint density at radius 1 is 1.03 bits per heavy atom. The minimum atomic E-state index is -0.529. The second kappa shape index (κ2) is 9.22. The van der Waals surface area contributed by atoms with E-state index in [2.05, 4.69) is 15.6 Å². The third-order valence-electron chi connectivity index (χ3n) is 4.98. The first-order valence-corrected chi connectivity index (χ1v) is 10.3. The molecule has 4 aromatic rings. The molecule has 0 radical (unpaired) electrons. The molecule has 1 aromatic heterocycles. The van der Waals surface area contributed by atoms with E-state index in [9.17, 15) is 14.0 Å². The number of amides is 1. The van der Waals surface area contributed by atoms with Crippen LogP contribution in [-0.2, 0) is 11.3 Å². The van der Waals surface area contributed by atoms with Crippen molar-refractivity contribution in [1.29, 1.82) is 0 Å². The van der Waals surface area contributed by atoms with Crippen LogP contribution in [0, 0.1) is 12.7 Å². The maximum absolute atomic E-state index is 13.3. The number of carbonyl (C=O) groups excluding carboxylic acids is 2. The minimum Gasteiger partial charge on any atom is -0.368 e. The van der Waals surface area contributed by atoms with E-state index in [1.165, 1.54) is 16.8 Å². The Balaban J connectivity index is 1.59. The van der Waals surface area contributed by atoms with Crippen LogP contribution in [0.1, 0.15) is 21.5 Å². The monoisotopic (exact) mass is 463 g/mol. The van der Waals surface area contributed by atoms with Crippen molar-refractivity contribution in [2.45, 2.75) is 13.5 Å². The average molecular weight is 464 g/mol. The summed E-state index contributed by atoms with van der Waals surface area (Å²) in [6.07, 6.45) is 1.59. The van der Waals surface area contributed by atoms with Crippen LogP contribution >= 0.6 is 11.6 Å². The van der Waals surface area contributed by atoms with E-state index in [1.54, 1.807) is 42.6 Å². The molecule has 0 atom stereocenters. The highest BCUT2D eigenvalue weighted by Gasteiger charge is 2.17. The second-order valence-corrected chi connectivity index (χ2v) is 7.86. The van der Waals surface area contributed by atoms with Gasteiger partial charge in [-0.05, 0) is 61.0 Å². The smallest absolute Gasteiger partial charge is 0.239 e. The number of nitrogens with one attached hydrogen (secondary N) is 1. The number of nitrogens with two attached hydrogens (primary N) is 1. The molecule has 3 N–H and O–H groups in total. The first-order chi connectivity index (χ1) is 15.8. The first kappa shape index (κ1) is 22.2. The Hall–Kier alpha value is -4.04. The molecule has 0 saturated heterocycles. The van der Waals surface area contributed by atoms with Crippen molar-refractivity contribution in [3.8, 4) is 11.3 Å². The molecule has 0 saturated carbocycles. The lowest BCUT2D eigenvalue weighted by atomic mass is 9.96. The number of primary amides is 1. The molecule has 0 bridgehead atoms. The molecule has 0 fully saturated rings. The molecule has 33 heavy (non-hydrogen) atoms. The number of hydrogen-bond donors (Lipinski definition) is 2. The summed E-state index contributed by atoms with van der Waals surface area (Å²) in [5.41, 5.74) is 9.32. The maximum atomic E-state index is 13.3. The Labute approximate surface area is 194 Å². The van der Waals surface area contributed by atoms with Gasteiger partial charge in [0.25, 0.3) is 0 Å². The summed E-state index contributed by atoms with van der Waals surface area (Å²) in [7, 11) is 0. The van der Waals surface area contributed by atoms with Crippen molar-refractivity contribution in [1.82, 2.24) is 15.0 Å². The van der Waals surface area contributed by atoms with Crippen molar-refractivity contribution in [3.05, 3.63) is 94.4 Å². The number of hydrogen-bond acceptors (Lipinski definition) is 5. The van der Waals surface area contributed by atoms with Crippen LogP contribution < -0.4 is 11.1 Å². The third kappa shape index (κ3) is 5.07. The van der Waals surface area contributed by atoms with Crippen LogP contribution in [0.15, 0.2) is 66.9 Å². The van der Waals surface area contributed by atoms with Gasteiger partial charge in [0.15, 0.2) is 5.78 Å². The Kier molecular flexibility index (Phi) is 6.19. The van der Waals surface area contributed by atoms with E-state index < -0.39 is 5.91 Å². The van der Waals surface area contributed by atoms with E-state index in [1.807, 2.05) is 19.1 Å². The van der Waals surface area contributed by atoms with Gasteiger partial charge >= 0.3 is 0 Å². The number of rotatable bonds is 7. The molecule has 0 aliphatic rings. The number of aryl methyl sites for hydroxylation is 1. The zero-order chi connectivity index (χ0) is 23.5. The highest BCUT2D eigenvalue weighted by molar-refractivity contribution is 6.35. The molecular weight excluding hydrogens is 445 g/mol. The van der Waals surface area contributed by atoms with E-state index in [0.717, 1.165) is 5.56 Å². The van der Waals surface area contributed by atoms with Crippen molar-refractivity contribution in [2.75, 3.05) is 5.32 Å². The summed E-state index contributed by atoms with van der Waals surface area (Å²) in [6, 6.07) is 16.3. The van der Waals surface area contributed by atoms with E-state index >= 15 is 0 Å². The number of nitrogens with zero attached hydrogens (tertiary/aromatic N) is 3. The first-order valence-electron chi connectivity index (χ1n) is 9.96. The molecule has 0 spiro atoms. The summed E-state index contributed by atoms with van der Waals surface area (Å²) in [4.78, 5) is 24.4. The van der Waals surface area contributed by atoms with Gasteiger partial charge in [0.1, 0.15) is 18.1 Å². The number of anilines is 2. The topological polar surface area (TPSA) is 103 Å². The zero-order valence-corrected chi connectivity index (χ0v) is 18.3. The highest BCUT2D eigenvalue weighted by atomic mass is 35.5. The van der Waals surface area contributed by atoms with Crippen LogP contribution in [-0.4, -0.2) is 26.7 Å². The fraction of sp³-hybridized carbons (Fsp3) is 0.0833. The van der Waals surface area contributed by atoms with E-state index in [-0.39, 0.29) is 23.2 Å². The van der Waals surface area contributed by atoms with Gasteiger partial charge in [-0.3, -0.25) is 9.59 Å². The maximum Gasteiger partial charge on any atom is 0.239 e. The lowest BCUT2D eigenvalue weighted by molar-refractivity contribution is -0.118. The summed E-state index contributed by atoms with van der Waals surface area (Å²) in [5, 5.41) is 11.3. The normalized spacial score (nSPS) is 10.8. The summed E-state index contributed by atoms with van der Waals surface area (Å²) >= 11 is 6.44. The Bertz CT molecular complexity index is 1350. The van der Waals surface area contributed by atoms with Crippen molar-refractivity contribution in [2.24, 2.45) is 5.73 Å². The van der Waals surface area contributed by atoms with E-state index in [4.69, 9.17) is 17.3 Å². The fourth-order valence-corrected chi connectivity index (χ4v) is 3.58. The third-order valence-corrected chi connectivity index (χ3v) is 5.29. The molecule has 7 nitrogen and oxygen atoms in total. The molecule has 3 aromatic carbocycles. The molecule has 9 heteroatoms. The average Bonchev–Trinajstić information content (AvgIpc) is 3.23. The van der Waals surface area contributed by atoms with Gasteiger partial charge in [0.2, 0.25) is 5.91 Å². The molecule has 0 unspecified atom stereocenters. The van der Waals surface area contributed by atoms with Gasteiger partial charge in [-0.1, -0.05) is 28.9 Å². The Morgan fingerprint density at radius 3 is 2.45 bits per heavy atom. The van der Waals surface area contributed by atoms with Gasteiger partial charge in [-0.2, -0.15) is 0 Å². The number of benzene rings is 3. The predicted molar refractivity (Wildman–Crippen MR) is 124 cm³/mol. The van der Waals surface area contributed by atoms with Crippen molar-refractivity contribution >= 4 is 34.7 Å². The standard InChI is InChI=1S/C24H19ClFN5O2/c1-14-2-3-15(22-12-31(30-29-22)13-23(27)32)10-20(14)24(33)19-9-8-18(11-21(19)25)28-17-6-4-16(26)5-7-17/h2-12,28H,13H2,1H3,(H2,27,32). The van der Waals surface area contributed by atoms with Crippen LogP contribution in [0.4, 0.5) is 15.8 Å². The lowest BCUT2D eigenvalue weighted by Gasteiger charge is -2.11. The van der Waals surface area contributed by atoms with Gasteiger partial charge in [-0.15, -0.1) is 5.10 Å². The number of halogens is 2. The number of ketones is 1. The summed E-state index contributed by atoms with van der Waals surface area (Å²) < 4.78 is 14.4. The number of aromatic nitrogens is 3. The lowest BCUT2D eigenvalue weighted by Crippen LogP contribution is -2.18. The van der Waals surface area contributed by atoms with Crippen molar-refractivity contribution in [3.63, 3.8) is 0 Å². The molecule has 0 aliphatic carbocycles. The van der Waals surface area contributed by atoms with Gasteiger partial charge in [-0.25, -0.2) is 9.07 Å². The largest absolute Gasteiger partial charge is 0.368 e. The summed E-state index contributed by atoms with van der Waals surface area (Å²) in [6.45, 7) is 1.75. The number of carbonyl (C=O) groups is 2.